The van der Waals surface area contributed by atoms with E-state index >= 15 is 0 Å². The van der Waals surface area contributed by atoms with Gasteiger partial charge >= 0.3 is 0 Å². The van der Waals surface area contributed by atoms with Crippen molar-refractivity contribution in [2.24, 2.45) is 0 Å². The highest BCUT2D eigenvalue weighted by molar-refractivity contribution is 5.91. The zero-order valence-corrected chi connectivity index (χ0v) is 15.1. The van der Waals surface area contributed by atoms with E-state index in [1.165, 1.54) is 18.2 Å². The second-order valence-corrected chi connectivity index (χ2v) is 6.61. The number of amides is 1. The van der Waals surface area contributed by atoms with Gasteiger partial charge in [0.2, 0.25) is 5.91 Å². The van der Waals surface area contributed by atoms with Gasteiger partial charge in [-0.15, -0.1) is 0 Å². The molecule has 1 atom stereocenters. The van der Waals surface area contributed by atoms with Crippen LogP contribution in [0.5, 0.6) is 5.75 Å². The number of hydrogen-bond donors (Lipinski definition) is 1. The van der Waals surface area contributed by atoms with E-state index in [0.717, 1.165) is 28.9 Å². The van der Waals surface area contributed by atoms with Crippen LogP contribution in [0.1, 0.15) is 11.1 Å². The number of carbonyl (C=O) groups excluding carboxylic acids is 1. The fourth-order valence-corrected chi connectivity index (χ4v) is 3.27. The molecule has 0 aliphatic carbocycles. The van der Waals surface area contributed by atoms with Gasteiger partial charge < -0.3 is 10.1 Å². The van der Waals surface area contributed by atoms with Crippen molar-refractivity contribution in [1.82, 2.24) is 10.3 Å². The number of hydrogen-bond acceptors (Lipinski definition) is 3. The standard InChI is InChI=1S/C23H19FN2O2/c24-19-5-1-3-16(13-19)7-8-22(27)26-15-20-14-18-4-2-6-21(23(18)28-20)17-9-11-25-12-10-17/h1-13,20H,14-15H2,(H,26,27)/b8-7+/t20-/m1/s1. The summed E-state index contributed by atoms with van der Waals surface area (Å²) in [6.45, 7) is 0.400. The van der Waals surface area contributed by atoms with E-state index in [9.17, 15) is 9.18 Å². The third-order valence-electron chi connectivity index (χ3n) is 4.60. The molecule has 1 aliphatic heterocycles. The molecule has 5 heteroatoms. The number of benzene rings is 2. The van der Waals surface area contributed by atoms with Crippen LogP contribution in [0.3, 0.4) is 0 Å². The van der Waals surface area contributed by atoms with E-state index in [4.69, 9.17) is 4.74 Å². The molecular formula is C23H19FN2O2. The third kappa shape index (κ3) is 4.09. The predicted molar refractivity (Wildman–Crippen MR) is 106 cm³/mol. The number of carbonyl (C=O) groups is 1. The van der Waals surface area contributed by atoms with Crippen LogP contribution in [0.25, 0.3) is 17.2 Å². The van der Waals surface area contributed by atoms with E-state index in [0.29, 0.717) is 12.1 Å². The van der Waals surface area contributed by atoms with Crippen molar-refractivity contribution in [3.05, 3.63) is 90.0 Å². The van der Waals surface area contributed by atoms with Gasteiger partial charge in [-0.1, -0.05) is 30.3 Å². The summed E-state index contributed by atoms with van der Waals surface area (Å²) in [5.41, 5.74) is 3.85. The summed E-state index contributed by atoms with van der Waals surface area (Å²) in [4.78, 5) is 16.1. The molecule has 4 rings (SSSR count). The topological polar surface area (TPSA) is 51.2 Å². The Labute approximate surface area is 162 Å². The molecule has 2 aromatic carbocycles. The molecule has 0 fully saturated rings. The number of halogens is 1. The maximum Gasteiger partial charge on any atom is 0.244 e. The lowest BCUT2D eigenvalue weighted by molar-refractivity contribution is -0.116. The minimum Gasteiger partial charge on any atom is -0.487 e. The second-order valence-electron chi connectivity index (χ2n) is 6.61. The van der Waals surface area contributed by atoms with E-state index in [2.05, 4.69) is 10.3 Å². The fraction of sp³-hybridized carbons (Fsp3) is 0.130. The summed E-state index contributed by atoms with van der Waals surface area (Å²) >= 11 is 0. The number of pyridine rings is 1. The van der Waals surface area contributed by atoms with Crippen molar-refractivity contribution in [2.45, 2.75) is 12.5 Å². The van der Waals surface area contributed by atoms with Gasteiger partial charge in [0.15, 0.2) is 0 Å². The monoisotopic (exact) mass is 374 g/mol. The van der Waals surface area contributed by atoms with Gasteiger partial charge in [-0.05, 0) is 47.0 Å². The first-order chi connectivity index (χ1) is 13.7. The third-order valence-corrected chi connectivity index (χ3v) is 4.60. The van der Waals surface area contributed by atoms with Crippen LogP contribution in [0.2, 0.25) is 0 Å². The number of para-hydroxylation sites is 1. The van der Waals surface area contributed by atoms with Gasteiger partial charge in [0.05, 0.1) is 6.54 Å². The first-order valence-electron chi connectivity index (χ1n) is 9.09. The summed E-state index contributed by atoms with van der Waals surface area (Å²) < 4.78 is 19.3. The lowest BCUT2D eigenvalue weighted by Gasteiger charge is -2.13. The molecule has 0 saturated carbocycles. The molecule has 3 aromatic rings. The summed E-state index contributed by atoms with van der Waals surface area (Å²) in [5, 5.41) is 2.85. The van der Waals surface area contributed by atoms with Gasteiger partial charge in [-0.3, -0.25) is 9.78 Å². The van der Waals surface area contributed by atoms with Crippen LogP contribution in [-0.2, 0) is 11.2 Å². The summed E-state index contributed by atoms with van der Waals surface area (Å²) in [7, 11) is 0. The van der Waals surface area contributed by atoms with Crippen LogP contribution in [0.15, 0.2) is 73.1 Å². The minimum atomic E-state index is -0.329. The van der Waals surface area contributed by atoms with E-state index in [1.807, 2.05) is 30.3 Å². The van der Waals surface area contributed by atoms with Gasteiger partial charge in [0, 0.05) is 30.5 Å². The Hall–Kier alpha value is -3.47. The molecular weight excluding hydrogens is 355 g/mol. The van der Waals surface area contributed by atoms with Crippen LogP contribution in [0.4, 0.5) is 4.39 Å². The Kier molecular flexibility index (Phi) is 5.15. The molecule has 1 amide bonds. The zero-order valence-electron chi connectivity index (χ0n) is 15.1. The minimum absolute atomic E-state index is 0.121. The predicted octanol–water partition coefficient (Wildman–Crippen LogP) is 4.02. The average Bonchev–Trinajstić information content (AvgIpc) is 3.14. The van der Waals surface area contributed by atoms with Gasteiger partial charge in [0.1, 0.15) is 17.7 Å². The Morgan fingerprint density at radius 2 is 2.00 bits per heavy atom. The smallest absolute Gasteiger partial charge is 0.244 e. The number of nitrogens with zero attached hydrogens (tertiary/aromatic N) is 1. The molecule has 0 saturated heterocycles. The van der Waals surface area contributed by atoms with Gasteiger partial charge in [0.25, 0.3) is 0 Å². The highest BCUT2D eigenvalue weighted by Gasteiger charge is 2.25. The molecule has 0 spiro atoms. The molecule has 28 heavy (non-hydrogen) atoms. The number of rotatable bonds is 5. The first kappa shape index (κ1) is 17.9. The zero-order chi connectivity index (χ0) is 19.3. The van der Waals surface area contributed by atoms with E-state index in [1.54, 1.807) is 30.6 Å². The number of nitrogens with one attached hydrogen (secondary N) is 1. The van der Waals surface area contributed by atoms with Crippen LogP contribution in [0, 0.1) is 5.82 Å². The van der Waals surface area contributed by atoms with Crippen LogP contribution < -0.4 is 10.1 Å². The Balaban J connectivity index is 1.37. The maximum atomic E-state index is 13.2. The van der Waals surface area contributed by atoms with Gasteiger partial charge in [-0.25, -0.2) is 4.39 Å². The average molecular weight is 374 g/mol. The highest BCUT2D eigenvalue weighted by atomic mass is 19.1. The second kappa shape index (κ2) is 8.05. The number of fused-ring (bicyclic) bond motifs is 1. The first-order valence-corrected chi connectivity index (χ1v) is 9.09. The molecule has 140 valence electrons. The van der Waals surface area contributed by atoms with Crippen molar-refractivity contribution in [3.63, 3.8) is 0 Å². The van der Waals surface area contributed by atoms with Crippen molar-refractivity contribution in [2.75, 3.05) is 6.54 Å². The summed E-state index contributed by atoms with van der Waals surface area (Å²) in [5.74, 6) is 0.297. The van der Waals surface area contributed by atoms with Gasteiger partial charge in [-0.2, -0.15) is 0 Å². The molecule has 4 nitrogen and oxygen atoms in total. The largest absolute Gasteiger partial charge is 0.487 e. The molecule has 0 unspecified atom stereocenters. The van der Waals surface area contributed by atoms with E-state index in [-0.39, 0.29) is 17.8 Å². The number of ether oxygens (including phenoxy) is 1. The van der Waals surface area contributed by atoms with Crippen molar-refractivity contribution < 1.29 is 13.9 Å². The lowest BCUT2D eigenvalue weighted by Crippen LogP contribution is -2.33. The summed E-state index contributed by atoms with van der Waals surface area (Å²) in [6.07, 6.45) is 7.12. The normalized spacial score (nSPS) is 15.2. The fourth-order valence-electron chi connectivity index (χ4n) is 3.27. The molecule has 0 bridgehead atoms. The van der Waals surface area contributed by atoms with E-state index < -0.39 is 0 Å². The molecule has 2 heterocycles. The lowest BCUT2D eigenvalue weighted by atomic mass is 10.0. The SMILES string of the molecule is O=C(/C=C/c1cccc(F)c1)NC[C@H]1Cc2cccc(-c3ccncc3)c2O1. The Bertz CT molecular complexity index is 1020. The Morgan fingerprint density at radius 1 is 1.18 bits per heavy atom. The molecule has 0 radical (unpaired) electrons. The quantitative estimate of drug-likeness (QED) is 0.686. The van der Waals surface area contributed by atoms with Crippen molar-refractivity contribution in [1.29, 1.82) is 0 Å². The Morgan fingerprint density at radius 3 is 2.82 bits per heavy atom. The van der Waals surface area contributed by atoms with Crippen LogP contribution in [-0.4, -0.2) is 23.5 Å². The van der Waals surface area contributed by atoms with Crippen molar-refractivity contribution in [3.8, 4) is 16.9 Å². The van der Waals surface area contributed by atoms with Crippen LogP contribution >= 0.6 is 0 Å². The molecule has 1 aromatic heterocycles. The van der Waals surface area contributed by atoms with Crippen molar-refractivity contribution >= 4 is 12.0 Å². The highest BCUT2D eigenvalue weighted by Crippen LogP contribution is 2.38. The molecule has 1 aliphatic rings. The summed E-state index contributed by atoms with van der Waals surface area (Å²) in [6, 6.07) is 16.1. The number of aromatic nitrogens is 1. The maximum absolute atomic E-state index is 13.2. The molecule has 1 N–H and O–H groups in total.